The zero-order valence-electron chi connectivity index (χ0n) is 11.4. The van der Waals surface area contributed by atoms with Crippen molar-refractivity contribution in [3.05, 3.63) is 22.7 Å². The van der Waals surface area contributed by atoms with Gasteiger partial charge >= 0.3 is 0 Å². The molecular formula is C13H19ClN2O3. The lowest BCUT2D eigenvalue weighted by Crippen LogP contribution is -2.32. The molecule has 6 heteroatoms. The summed E-state index contributed by atoms with van der Waals surface area (Å²) < 4.78 is 10.1. The van der Waals surface area contributed by atoms with E-state index in [1.54, 1.807) is 20.3 Å². The van der Waals surface area contributed by atoms with Gasteiger partial charge in [0.15, 0.2) is 0 Å². The van der Waals surface area contributed by atoms with Crippen molar-refractivity contribution in [2.45, 2.75) is 6.92 Å². The zero-order valence-corrected chi connectivity index (χ0v) is 12.1. The first kappa shape index (κ1) is 15.6. The van der Waals surface area contributed by atoms with Gasteiger partial charge in [0.1, 0.15) is 5.75 Å². The third-order valence-electron chi connectivity index (χ3n) is 2.55. The Kier molecular flexibility index (Phi) is 6.45. The first-order chi connectivity index (χ1) is 9.08. The van der Waals surface area contributed by atoms with Gasteiger partial charge in [-0.25, -0.2) is 0 Å². The largest absolute Gasteiger partial charge is 0.495 e. The third kappa shape index (κ3) is 4.96. The summed E-state index contributed by atoms with van der Waals surface area (Å²) in [6.45, 7) is 3.05. The van der Waals surface area contributed by atoms with E-state index in [-0.39, 0.29) is 12.5 Å². The molecule has 0 radical (unpaired) electrons. The molecule has 0 fully saturated rings. The van der Waals surface area contributed by atoms with Crippen LogP contribution >= 0.6 is 11.6 Å². The van der Waals surface area contributed by atoms with E-state index in [9.17, 15) is 4.79 Å². The van der Waals surface area contributed by atoms with E-state index in [1.807, 2.05) is 13.0 Å². The molecule has 1 aromatic rings. The topological polar surface area (TPSA) is 59.6 Å². The van der Waals surface area contributed by atoms with Crippen molar-refractivity contribution in [1.29, 1.82) is 0 Å². The average molecular weight is 287 g/mol. The number of carbonyl (C=O) groups excluding carboxylic acids is 1. The summed E-state index contributed by atoms with van der Waals surface area (Å²) in [5, 5.41) is 6.38. The second-order valence-electron chi connectivity index (χ2n) is 4.00. The molecule has 106 valence electrons. The van der Waals surface area contributed by atoms with Gasteiger partial charge in [0.2, 0.25) is 5.91 Å². The SMILES string of the molecule is COCCNC(=O)CNc1cc(C)c(Cl)cc1OC. The van der Waals surface area contributed by atoms with E-state index >= 15 is 0 Å². The Morgan fingerprint density at radius 3 is 2.74 bits per heavy atom. The molecule has 1 aromatic carbocycles. The van der Waals surface area contributed by atoms with Gasteiger partial charge < -0.3 is 20.1 Å². The van der Waals surface area contributed by atoms with E-state index in [0.29, 0.717) is 23.9 Å². The Bertz CT molecular complexity index is 438. The highest BCUT2D eigenvalue weighted by Gasteiger charge is 2.08. The average Bonchev–Trinajstić information content (AvgIpc) is 2.40. The highest BCUT2D eigenvalue weighted by Crippen LogP contribution is 2.30. The maximum atomic E-state index is 11.5. The quantitative estimate of drug-likeness (QED) is 0.751. The predicted molar refractivity (Wildman–Crippen MR) is 76.1 cm³/mol. The number of halogens is 1. The Balaban J connectivity index is 2.57. The number of hydrogen-bond donors (Lipinski definition) is 2. The lowest BCUT2D eigenvalue weighted by molar-refractivity contribution is -0.119. The van der Waals surface area contributed by atoms with E-state index < -0.39 is 0 Å². The number of benzene rings is 1. The number of amides is 1. The summed E-state index contributed by atoms with van der Waals surface area (Å²) in [6, 6.07) is 3.58. The number of hydrogen-bond acceptors (Lipinski definition) is 4. The fraction of sp³-hybridized carbons (Fsp3) is 0.462. The first-order valence-corrected chi connectivity index (χ1v) is 6.30. The minimum absolute atomic E-state index is 0.105. The van der Waals surface area contributed by atoms with Gasteiger partial charge in [-0.2, -0.15) is 0 Å². The fourth-order valence-corrected chi connectivity index (χ4v) is 1.65. The zero-order chi connectivity index (χ0) is 14.3. The van der Waals surface area contributed by atoms with Crippen molar-refractivity contribution in [2.75, 3.05) is 39.2 Å². The van der Waals surface area contributed by atoms with Crippen molar-refractivity contribution >= 4 is 23.2 Å². The molecule has 5 nitrogen and oxygen atoms in total. The molecule has 2 N–H and O–H groups in total. The molecule has 0 atom stereocenters. The number of methoxy groups -OCH3 is 2. The van der Waals surface area contributed by atoms with E-state index in [0.717, 1.165) is 11.3 Å². The van der Waals surface area contributed by atoms with Crippen LogP contribution in [0.2, 0.25) is 5.02 Å². The minimum atomic E-state index is -0.105. The molecule has 0 aliphatic carbocycles. The summed E-state index contributed by atoms with van der Waals surface area (Å²) in [7, 11) is 3.15. The van der Waals surface area contributed by atoms with Crippen LogP contribution in [0.4, 0.5) is 5.69 Å². The molecule has 0 spiro atoms. The molecule has 1 amide bonds. The van der Waals surface area contributed by atoms with Gasteiger partial charge in [-0.05, 0) is 18.6 Å². The van der Waals surface area contributed by atoms with Crippen LogP contribution in [0.3, 0.4) is 0 Å². The van der Waals surface area contributed by atoms with Gasteiger partial charge in [0.05, 0.1) is 25.9 Å². The van der Waals surface area contributed by atoms with Crippen LogP contribution in [0.25, 0.3) is 0 Å². The third-order valence-corrected chi connectivity index (χ3v) is 2.96. The summed E-state index contributed by atoms with van der Waals surface area (Å²) in [6.07, 6.45) is 0. The van der Waals surface area contributed by atoms with Crippen LogP contribution in [-0.4, -0.2) is 39.8 Å². The molecule has 19 heavy (non-hydrogen) atoms. The molecule has 0 heterocycles. The molecule has 0 aliphatic rings. The molecule has 0 aromatic heterocycles. The van der Waals surface area contributed by atoms with Crippen LogP contribution in [0.5, 0.6) is 5.75 Å². The minimum Gasteiger partial charge on any atom is -0.495 e. The van der Waals surface area contributed by atoms with Crippen LogP contribution < -0.4 is 15.4 Å². The molecular weight excluding hydrogens is 268 g/mol. The molecule has 0 bridgehead atoms. The van der Waals surface area contributed by atoms with Crippen molar-refractivity contribution in [3.63, 3.8) is 0 Å². The highest BCUT2D eigenvalue weighted by atomic mass is 35.5. The highest BCUT2D eigenvalue weighted by molar-refractivity contribution is 6.31. The van der Waals surface area contributed by atoms with Gasteiger partial charge in [-0.15, -0.1) is 0 Å². The number of anilines is 1. The predicted octanol–water partition coefficient (Wildman–Crippen LogP) is 1.83. The lowest BCUT2D eigenvalue weighted by atomic mass is 10.2. The number of nitrogens with one attached hydrogen (secondary N) is 2. The summed E-state index contributed by atoms with van der Waals surface area (Å²) in [5.41, 5.74) is 1.66. The van der Waals surface area contributed by atoms with E-state index in [4.69, 9.17) is 21.1 Å². The maximum absolute atomic E-state index is 11.5. The van der Waals surface area contributed by atoms with Crippen LogP contribution in [0.1, 0.15) is 5.56 Å². The normalized spacial score (nSPS) is 10.1. The Hall–Kier alpha value is -1.46. The molecule has 0 unspecified atom stereocenters. The Morgan fingerprint density at radius 1 is 1.37 bits per heavy atom. The molecule has 0 aliphatic heterocycles. The smallest absolute Gasteiger partial charge is 0.239 e. The lowest BCUT2D eigenvalue weighted by Gasteiger charge is -2.13. The summed E-state index contributed by atoms with van der Waals surface area (Å²) in [5.74, 6) is 0.506. The van der Waals surface area contributed by atoms with Crippen molar-refractivity contribution in [2.24, 2.45) is 0 Å². The van der Waals surface area contributed by atoms with E-state index in [2.05, 4.69) is 10.6 Å². The molecule has 0 saturated carbocycles. The van der Waals surface area contributed by atoms with Crippen molar-refractivity contribution in [3.8, 4) is 5.75 Å². The molecule has 0 saturated heterocycles. The first-order valence-electron chi connectivity index (χ1n) is 5.92. The number of aryl methyl sites for hydroxylation is 1. The second kappa shape index (κ2) is 7.86. The van der Waals surface area contributed by atoms with Crippen molar-refractivity contribution < 1.29 is 14.3 Å². The van der Waals surface area contributed by atoms with Crippen LogP contribution in [0, 0.1) is 6.92 Å². The number of ether oxygens (including phenoxy) is 2. The molecule has 1 rings (SSSR count). The van der Waals surface area contributed by atoms with Gasteiger partial charge in [0, 0.05) is 24.7 Å². The Morgan fingerprint density at radius 2 is 2.11 bits per heavy atom. The monoisotopic (exact) mass is 286 g/mol. The van der Waals surface area contributed by atoms with E-state index in [1.165, 1.54) is 0 Å². The fourth-order valence-electron chi connectivity index (χ4n) is 1.50. The summed E-state index contributed by atoms with van der Waals surface area (Å²) in [4.78, 5) is 11.5. The van der Waals surface area contributed by atoms with Gasteiger partial charge in [0.25, 0.3) is 0 Å². The number of carbonyl (C=O) groups is 1. The number of rotatable bonds is 7. The van der Waals surface area contributed by atoms with Crippen LogP contribution in [0.15, 0.2) is 12.1 Å². The second-order valence-corrected chi connectivity index (χ2v) is 4.41. The van der Waals surface area contributed by atoms with Crippen molar-refractivity contribution in [1.82, 2.24) is 5.32 Å². The Labute approximate surface area is 118 Å². The van der Waals surface area contributed by atoms with Gasteiger partial charge in [-0.1, -0.05) is 11.6 Å². The van der Waals surface area contributed by atoms with Crippen LogP contribution in [-0.2, 0) is 9.53 Å². The standard InChI is InChI=1S/C13H19ClN2O3/c1-9-6-11(12(19-3)7-10(9)14)16-8-13(17)15-4-5-18-2/h6-7,16H,4-5,8H2,1-3H3,(H,15,17). The van der Waals surface area contributed by atoms with Gasteiger partial charge in [-0.3, -0.25) is 4.79 Å². The summed E-state index contributed by atoms with van der Waals surface area (Å²) >= 11 is 6.01. The maximum Gasteiger partial charge on any atom is 0.239 e.